The number of carbonyl (C=O) groups excluding carboxylic acids is 1. The van der Waals surface area contributed by atoms with E-state index in [1.807, 2.05) is 18.2 Å². The van der Waals surface area contributed by atoms with E-state index in [9.17, 15) is 18.0 Å². The number of fused-ring (bicyclic) bond motifs is 1. The average molecular weight is 409 g/mol. The summed E-state index contributed by atoms with van der Waals surface area (Å²) in [6.07, 6.45) is -2.74. The number of rotatable bonds is 5. The summed E-state index contributed by atoms with van der Waals surface area (Å²) in [5.74, 6) is -0.466. The van der Waals surface area contributed by atoms with E-state index in [2.05, 4.69) is 15.6 Å². The Morgan fingerprint density at radius 3 is 2.43 bits per heavy atom. The second-order valence-electron chi connectivity index (χ2n) is 6.80. The Labute approximate surface area is 170 Å². The van der Waals surface area contributed by atoms with Gasteiger partial charge in [0.2, 0.25) is 0 Å². The van der Waals surface area contributed by atoms with Crippen LogP contribution in [-0.4, -0.2) is 10.9 Å². The maximum atomic E-state index is 13.2. The van der Waals surface area contributed by atoms with Crippen molar-refractivity contribution in [3.8, 4) is 0 Å². The van der Waals surface area contributed by atoms with Gasteiger partial charge < -0.3 is 15.6 Å². The maximum absolute atomic E-state index is 13.2. The predicted octanol–water partition coefficient (Wildman–Crippen LogP) is 5.98. The minimum Gasteiger partial charge on any atom is -0.370 e. The van der Waals surface area contributed by atoms with Gasteiger partial charge in [0.15, 0.2) is 0 Å². The van der Waals surface area contributed by atoms with Gasteiger partial charge in [0.1, 0.15) is 6.04 Å². The fourth-order valence-corrected chi connectivity index (χ4v) is 3.30. The lowest BCUT2D eigenvalue weighted by Crippen LogP contribution is -2.27. The largest absolute Gasteiger partial charge is 0.416 e. The standard InChI is InChI=1S/C23H18F3N3O/c24-23(25,26)16-7-4-6-15(14-16)21(28-17-8-2-1-3-9-17)22(30)29-20-11-5-10-19-18(20)12-13-27-19/h1-14,21,27-28H,(H,29,30). The van der Waals surface area contributed by atoms with Gasteiger partial charge in [0.25, 0.3) is 5.91 Å². The minimum atomic E-state index is -4.50. The molecule has 30 heavy (non-hydrogen) atoms. The lowest BCUT2D eigenvalue weighted by molar-refractivity contribution is -0.137. The summed E-state index contributed by atoms with van der Waals surface area (Å²) in [5.41, 5.74) is 1.45. The van der Waals surface area contributed by atoms with Crippen LogP contribution < -0.4 is 10.6 Å². The van der Waals surface area contributed by atoms with Crippen molar-refractivity contribution in [2.45, 2.75) is 12.2 Å². The molecule has 1 amide bonds. The number of hydrogen-bond donors (Lipinski definition) is 3. The number of anilines is 2. The number of para-hydroxylation sites is 1. The van der Waals surface area contributed by atoms with Gasteiger partial charge in [-0.2, -0.15) is 13.2 Å². The van der Waals surface area contributed by atoms with Crippen LogP contribution >= 0.6 is 0 Å². The van der Waals surface area contributed by atoms with Crippen molar-refractivity contribution in [3.05, 3.63) is 96.2 Å². The summed E-state index contributed by atoms with van der Waals surface area (Å²) in [7, 11) is 0. The van der Waals surface area contributed by atoms with Crippen molar-refractivity contribution in [1.29, 1.82) is 0 Å². The first-order chi connectivity index (χ1) is 14.4. The molecule has 1 heterocycles. The van der Waals surface area contributed by atoms with E-state index in [1.54, 1.807) is 42.6 Å². The van der Waals surface area contributed by atoms with Gasteiger partial charge in [-0.1, -0.05) is 36.4 Å². The van der Waals surface area contributed by atoms with Crippen LogP contribution in [0.1, 0.15) is 17.2 Å². The monoisotopic (exact) mass is 409 g/mol. The summed E-state index contributed by atoms with van der Waals surface area (Å²) in [5, 5.41) is 6.71. The molecule has 0 bridgehead atoms. The molecule has 0 aliphatic rings. The molecule has 0 aliphatic carbocycles. The van der Waals surface area contributed by atoms with Crippen molar-refractivity contribution in [3.63, 3.8) is 0 Å². The molecule has 0 fully saturated rings. The molecule has 0 saturated carbocycles. The third-order valence-electron chi connectivity index (χ3n) is 4.75. The molecule has 0 aliphatic heterocycles. The second kappa shape index (κ2) is 7.94. The first-order valence-electron chi connectivity index (χ1n) is 9.27. The molecule has 4 nitrogen and oxygen atoms in total. The van der Waals surface area contributed by atoms with E-state index < -0.39 is 23.7 Å². The normalized spacial score (nSPS) is 12.5. The zero-order valence-electron chi connectivity index (χ0n) is 15.7. The molecule has 0 radical (unpaired) electrons. The zero-order valence-corrected chi connectivity index (χ0v) is 15.7. The van der Waals surface area contributed by atoms with Crippen LogP contribution in [0.2, 0.25) is 0 Å². The number of aromatic amines is 1. The second-order valence-corrected chi connectivity index (χ2v) is 6.80. The smallest absolute Gasteiger partial charge is 0.370 e. The molecule has 7 heteroatoms. The molecule has 3 aromatic carbocycles. The van der Waals surface area contributed by atoms with Crippen LogP contribution in [0.3, 0.4) is 0 Å². The molecule has 0 saturated heterocycles. The molecule has 4 aromatic rings. The number of hydrogen-bond acceptors (Lipinski definition) is 2. The summed E-state index contributed by atoms with van der Waals surface area (Å²) >= 11 is 0. The highest BCUT2D eigenvalue weighted by Gasteiger charge is 2.32. The van der Waals surface area contributed by atoms with Crippen molar-refractivity contribution in [2.24, 2.45) is 0 Å². The molecule has 1 unspecified atom stereocenters. The quantitative estimate of drug-likeness (QED) is 0.380. The molecule has 4 rings (SSSR count). The number of aromatic nitrogens is 1. The van der Waals surface area contributed by atoms with E-state index in [4.69, 9.17) is 0 Å². The van der Waals surface area contributed by atoms with Gasteiger partial charge >= 0.3 is 6.18 Å². The SMILES string of the molecule is O=C(Nc1cccc2[nH]ccc12)C(Nc1ccccc1)c1cccc(C(F)(F)F)c1. The first-order valence-corrected chi connectivity index (χ1v) is 9.27. The van der Waals surface area contributed by atoms with Crippen LogP contribution in [0.4, 0.5) is 24.5 Å². The maximum Gasteiger partial charge on any atom is 0.416 e. The number of nitrogens with one attached hydrogen (secondary N) is 3. The predicted molar refractivity (Wildman–Crippen MR) is 111 cm³/mol. The molecule has 1 atom stereocenters. The number of halogens is 3. The number of alkyl halides is 3. The van der Waals surface area contributed by atoms with Crippen LogP contribution in [0.15, 0.2) is 85.1 Å². The van der Waals surface area contributed by atoms with Crippen molar-refractivity contribution in [2.75, 3.05) is 10.6 Å². The van der Waals surface area contributed by atoms with Gasteiger partial charge in [-0.15, -0.1) is 0 Å². The van der Waals surface area contributed by atoms with Crippen LogP contribution in [0.5, 0.6) is 0 Å². The van der Waals surface area contributed by atoms with E-state index in [-0.39, 0.29) is 5.56 Å². The summed E-state index contributed by atoms with van der Waals surface area (Å²) in [6, 6.07) is 19.9. The van der Waals surface area contributed by atoms with Crippen molar-refractivity contribution >= 4 is 28.2 Å². The number of amides is 1. The fraction of sp³-hybridized carbons (Fsp3) is 0.0870. The lowest BCUT2D eigenvalue weighted by atomic mass is 10.0. The van der Waals surface area contributed by atoms with E-state index in [1.165, 1.54) is 12.1 Å². The minimum absolute atomic E-state index is 0.215. The number of carbonyl (C=O) groups is 1. The van der Waals surface area contributed by atoms with Crippen LogP contribution in [-0.2, 0) is 11.0 Å². The van der Waals surface area contributed by atoms with Gasteiger partial charge in [-0.25, -0.2) is 0 Å². The summed E-state index contributed by atoms with van der Waals surface area (Å²) in [6.45, 7) is 0. The van der Waals surface area contributed by atoms with Crippen LogP contribution in [0.25, 0.3) is 10.9 Å². The Morgan fingerprint density at radius 2 is 1.67 bits per heavy atom. The van der Waals surface area contributed by atoms with Crippen molar-refractivity contribution < 1.29 is 18.0 Å². The highest BCUT2D eigenvalue weighted by molar-refractivity contribution is 6.04. The number of benzene rings is 3. The molecule has 3 N–H and O–H groups in total. The Morgan fingerprint density at radius 1 is 0.900 bits per heavy atom. The average Bonchev–Trinajstić information content (AvgIpc) is 3.22. The molecule has 152 valence electrons. The van der Waals surface area contributed by atoms with Gasteiger partial charge in [-0.05, 0) is 48.0 Å². The first kappa shape index (κ1) is 19.6. The molecular formula is C23H18F3N3O. The Kier molecular flexibility index (Phi) is 5.18. The van der Waals surface area contributed by atoms with Crippen molar-refractivity contribution in [1.82, 2.24) is 4.98 Å². The zero-order chi connectivity index (χ0) is 21.1. The van der Waals surface area contributed by atoms with Gasteiger partial charge in [0, 0.05) is 22.8 Å². The highest BCUT2D eigenvalue weighted by atomic mass is 19.4. The van der Waals surface area contributed by atoms with Gasteiger partial charge in [-0.3, -0.25) is 4.79 Å². The third-order valence-corrected chi connectivity index (χ3v) is 4.75. The highest BCUT2D eigenvalue weighted by Crippen LogP contribution is 2.32. The summed E-state index contributed by atoms with van der Waals surface area (Å²) in [4.78, 5) is 16.2. The Hall–Kier alpha value is -3.74. The van der Waals surface area contributed by atoms with E-state index >= 15 is 0 Å². The topological polar surface area (TPSA) is 56.9 Å². The van der Waals surface area contributed by atoms with E-state index in [0.29, 0.717) is 11.4 Å². The molecule has 0 spiro atoms. The fourth-order valence-electron chi connectivity index (χ4n) is 3.30. The molecular weight excluding hydrogens is 391 g/mol. The Balaban J connectivity index is 1.70. The Bertz CT molecular complexity index is 1170. The molecule has 1 aromatic heterocycles. The van der Waals surface area contributed by atoms with Crippen LogP contribution in [0, 0.1) is 0 Å². The summed E-state index contributed by atoms with van der Waals surface area (Å²) < 4.78 is 39.7. The van der Waals surface area contributed by atoms with E-state index in [0.717, 1.165) is 23.0 Å². The lowest BCUT2D eigenvalue weighted by Gasteiger charge is -2.21. The van der Waals surface area contributed by atoms with Gasteiger partial charge in [0.05, 0.1) is 11.3 Å². The number of H-pyrrole nitrogens is 1. The third kappa shape index (κ3) is 4.15.